The van der Waals surface area contributed by atoms with Crippen LogP contribution in [0.1, 0.15) is 28.9 Å². The van der Waals surface area contributed by atoms with Crippen molar-refractivity contribution in [3.05, 3.63) is 46.0 Å². The van der Waals surface area contributed by atoms with Crippen LogP contribution in [0.25, 0.3) is 0 Å². The van der Waals surface area contributed by atoms with Gasteiger partial charge in [0.1, 0.15) is 30.3 Å². The normalized spacial score (nSPS) is 20.0. The second-order valence-corrected chi connectivity index (χ2v) is 7.53. The molecule has 1 saturated heterocycles. The maximum atomic E-state index is 12.9. The number of thiophene rings is 1. The molecular weight excluding hydrogens is 368 g/mol. The summed E-state index contributed by atoms with van der Waals surface area (Å²) in [6, 6.07) is 6.80. The Labute approximate surface area is 159 Å². The van der Waals surface area contributed by atoms with Gasteiger partial charge in [-0.2, -0.15) is 5.10 Å². The number of amides is 4. The van der Waals surface area contributed by atoms with E-state index in [1.807, 2.05) is 36.6 Å². The summed E-state index contributed by atoms with van der Waals surface area (Å²) in [6.07, 6.45) is 0.515. The summed E-state index contributed by atoms with van der Waals surface area (Å²) in [4.78, 5) is 40.2. The predicted octanol–water partition coefficient (Wildman–Crippen LogP) is 2.22. The van der Waals surface area contributed by atoms with E-state index in [9.17, 15) is 14.4 Å². The molecule has 2 aromatic rings. The molecule has 9 heteroatoms. The van der Waals surface area contributed by atoms with Crippen LogP contribution in [0.2, 0.25) is 0 Å². The van der Waals surface area contributed by atoms with Crippen LogP contribution < -0.4 is 0 Å². The number of carbonyl (C=O) groups is 3. The van der Waals surface area contributed by atoms with Gasteiger partial charge in [-0.1, -0.05) is 6.07 Å². The molecule has 4 amide bonds. The number of carbonyl (C=O) groups excluding carboxylic acids is 3. The molecule has 0 bridgehead atoms. The number of rotatable bonds is 4. The van der Waals surface area contributed by atoms with Crippen LogP contribution in [0.3, 0.4) is 0 Å². The molecule has 4 rings (SSSR count). The molecule has 2 aliphatic heterocycles. The van der Waals surface area contributed by atoms with E-state index >= 15 is 0 Å². The molecule has 1 atom stereocenters. The second kappa shape index (κ2) is 6.66. The molecule has 0 N–H and O–H groups in total. The lowest BCUT2D eigenvalue weighted by molar-refractivity contribution is -0.137. The number of hydrogen-bond acceptors (Lipinski definition) is 6. The van der Waals surface area contributed by atoms with Crippen LogP contribution in [0.15, 0.2) is 39.2 Å². The Hall–Kier alpha value is -2.94. The Kier molecular flexibility index (Phi) is 4.31. The molecule has 0 radical (unpaired) electrons. The Morgan fingerprint density at radius 3 is 2.74 bits per heavy atom. The third-order valence-corrected chi connectivity index (χ3v) is 5.56. The summed E-state index contributed by atoms with van der Waals surface area (Å²) in [6.45, 7) is 1.51. The van der Waals surface area contributed by atoms with E-state index in [2.05, 4.69) is 5.10 Å². The number of hydrazone groups is 1. The van der Waals surface area contributed by atoms with Gasteiger partial charge in [0, 0.05) is 18.3 Å². The molecule has 0 spiro atoms. The Bertz CT molecular complexity index is 933. The number of aryl methyl sites for hydroxylation is 1. The van der Waals surface area contributed by atoms with Crippen molar-refractivity contribution in [3.63, 3.8) is 0 Å². The average molecular weight is 386 g/mol. The van der Waals surface area contributed by atoms with Gasteiger partial charge in [-0.05, 0) is 30.5 Å². The lowest BCUT2D eigenvalue weighted by Gasteiger charge is -2.22. The third kappa shape index (κ3) is 3.14. The molecule has 0 saturated carbocycles. The SMILES string of the molecule is Cc1ccc(C2=NN(C(=O)CN3C(=O)CN(C)C3=O)[C@H](c3cccs3)C2)o1. The van der Waals surface area contributed by atoms with Gasteiger partial charge >= 0.3 is 6.03 Å². The summed E-state index contributed by atoms with van der Waals surface area (Å²) in [7, 11) is 1.53. The number of imide groups is 1. The number of nitrogens with zero attached hydrogens (tertiary/aromatic N) is 4. The first kappa shape index (κ1) is 17.5. The maximum absolute atomic E-state index is 12.9. The van der Waals surface area contributed by atoms with Gasteiger partial charge in [0.2, 0.25) is 0 Å². The lowest BCUT2D eigenvalue weighted by atomic mass is 10.1. The molecule has 140 valence electrons. The van der Waals surface area contributed by atoms with Gasteiger partial charge in [0.15, 0.2) is 0 Å². The highest BCUT2D eigenvalue weighted by atomic mass is 32.1. The zero-order valence-electron chi connectivity index (χ0n) is 14.9. The standard InChI is InChI=1S/C18H18N4O4S/c1-11-5-6-14(26-11)12-8-13(15-4-3-7-27-15)22(19-12)17(24)10-21-16(23)9-20(2)18(21)25/h3-7,13H,8-10H2,1-2H3/t13-/m0/s1. The van der Waals surface area contributed by atoms with Crippen molar-refractivity contribution in [2.75, 3.05) is 20.1 Å². The Balaban J connectivity index is 1.60. The van der Waals surface area contributed by atoms with Gasteiger partial charge < -0.3 is 9.32 Å². The number of likely N-dealkylation sites (N-methyl/N-ethyl adjacent to an activating group) is 1. The fourth-order valence-electron chi connectivity index (χ4n) is 3.21. The van der Waals surface area contributed by atoms with Gasteiger partial charge in [-0.3, -0.25) is 14.5 Å². The highest BCUT2D eigenvalue weighted by Crippen LogP contribution is 2.35. The van der Waals surface area contributed by atoms with Crippen LogP contribution in [0.4, 0.5) is 4.79 Å². The van der Waals surface area contributed by atoms with Crippen LogP contribution >= 0.6 is 11.3 Å². The van der Waals surface area contributed by atoms with E-state index in [-0.39, 0.29) is 25.0 Å². The van der Waals surface area contributed by atoms with Crippen molar-refractivity contribution in [1.29, 1.82) is 0 Å². The minimum atomic E-state index is -0.467. The van der Waals surface area contributed by atoms with E-state index < -0.39 is 11.9 Å². The first-order valence-electron chi connectivity index (χ1n) is 8.49. The van der Waals surface area contributed by atoms with Crippen molar-refractivity contribution >= 4 is 34.9 Å². The lowest BCUT2D eigenvalue weighted by Crippen LogP contribution is -2.41. The van der Waals surface area contributed by atoms with E-state index in [1.54, 1.807) is 0 Å². The average Bonchev–Trinajstić information content (AvgIpc) is 3.39. The largest absolute Gasteiger partial charge is 0.460 e. The summed E-state index contributed by atoms with van der Waals surface area (Å²) in [5.74, 6) is 0.608. The predicted molar refractivity (Wildman–Crippen MR) is 98.2 cm³/mol. The molecule has 0 aromatic carbocycles. The Morgan fingerprint density at radius 1 is 1.33 bits per heavy atom. The zero-order chi connectivity index (χ0) is 19.1. The van der Waals surface area contributed by atoms with Crippen molar-refractivity contribution in [3.8, 4) is 0 Å². The van der Waals surface area contributed by atoms with Gasteiger partial charge in [-0.25, -0.2) is 9.80 Å². The van der Waals surface area contributed by atoms with Crippen molar-refractivity contribution in [2.45, 2.75) is 19.4 Å². The van der Waals surface area contributed by atoms with Crippen LogP contribution in [-0.2, 0) is 9.59 Å². The van der Waals surface area contributed by atoms with E-state index in [0.29, 0.717) is 17.9 Å². The summed E-state index contributed by atoms with van der Waals surface area (Å²) < 4.78 is 5.65. The fourth-order valence-corrected chi connectivity index (χ4v) is 4.03. The topological polar surface area (TPSA) is 86.4 Å². The molecule has 27 heavy (non-hydrogen) atoms. The van der Waals surface area contributed by atoms with Gasteiger partial charge in [0.05, 0.1) is 6.04 Å². The third-order valence-electron chi connectivity index (χ3n) is 4.59. The summed E-state index contributed by atoms with van der Waals surface area (Å²) >= 11 is 1.53. The van der Waals surface area contributed by atoms with Crippen LogP contribution in [-0.4, -0.2) is 58.5 Å². The summed E-state index contributed by atoms with van der Waals surface area (Å²) in [5, 5.41) is 7.78. The molecular formula is C18H18N4O4S. The van der Waals surface area contributed by atoms with Crippen molar-refractivity contribution in [1.82, 2.24) is 14.8 Å². The minimum absolute atomic E-state index is 0.0132. The number of urea groups is 1. The molecule has 8 nitrogen and oxygen atoms in total. The highest BCUT2D eigenvalue weighted by Gasteiger charge is 2.39. The van der Waals surface area contributed by atoms with E-state index in [4.69, 9.17) is 4.42 Å². The highest BCUT2D eigenvalue weighted by molar-refractivity contribution is 7.10. The quantitative estimate of drug-likeness (QED) is 0.754. The number of hydrogen-bond donors (Lipinski definition) is 0. The molecule has 0 aliphatic carbocycles. The van der Waals surface area contributed by atoms with Gasteiger partial charge in [-0.15, -0.1) is 11.3 Å². The molecule has 4 heterocycles. The molecule has 2 aromatic heterocycles. The van der Waals surface area contributed by atoms with Crippen LogP contribution in [0, 0.1) is 6.92 Å². The molecule has 1 fully saturated rings. The zero-order valence-corrected chi connectivity index (χ0v) is 15.7. The van der Waals surface area contributed by atoms with E-state index in [0.717, 1.165) is 15.5 Å². The van der Waals surface area contributed by atoms with Gasteiger partial charge in [0.25, 0.3) is 11.8 Å². The monoisotopic (exact) mass is 386 g/mol. The summed E-state index contributed by atoms with van der Waals surface area (Å²) in [5.41, 5.74) is 0.672. The van der Waals surface area contributed by atoms with Crippen molar-refractivity contribution < 1.29 is 18.8 Å². The first-order valence-corrected chi connectivity index (χ1v) is 9.37. The molecule has 2 aliphatic rings. The number of furan rings is 1. The maximum Gasteiger partial charge on any atom is 0.327 e. The first-order chi connectivity index (χ1) is 12.9. The molecule has 0 unspecified atom stereocenters. The smallest absolute Gasteiger partial charge is 0.327 e. The Morgan fingerprint density at radius 2 is 2.15 bits per heavy atom. The second-order valence-electron chi connectivity index (χ2n) is 6.55. The van der Waals surface area contributed by atoms with E-state index in [1.165, 1.54) is 28.3 Å². The minimum Gasteiger partial charge on any atom is -0.460 e. The van der Waals surface area contributed by atoms with Crippen molar-refractivity contribution in [2.24, 2.45) is 5.10 Å². The van der Waals surface area contributed by atoms with Crippen LogP contribution in [0.5, 0.6) is 0 Å². The fraction of sp³-hybridized carbons (Fsp3) is 0.333.